The Morgan fingerprint density at radius 2 is 1.83 bits per heavy atom. The Morgan fingerprint density at radius 3 is 2.47 bits per heavy atom. The van der Waals surface area contributed by atoms with E-state index in [1.165, 1.54) is 7.11 Å². The van der Waals surface area contributed by atoms with Crippen LogP contribution in [0.25, 0.3) is 0 Å². The van der Waals surface area contributed by atoms with Crippen molar-refractivity contribution in [3.8, 4) is 0 Å². The van der Waals surface area contributed by atoms with Crippen LogP contribution in [-0.2, 0) is 28.4 Å². The summed E-state index contributed by atoms with van der Waals surface area (Å²) in [6, 6.07) is 9.91. The van der Waals surface area contributed by atoms with Crippen molar-refractivity contribution in [1.82, 2.24) is 0 Å². The minimum Gasteiger partial charge on any atom is -0.469 e. The first-order valence-corrected chi connectivity index (χ1v) is 10.8. The first-order valence-electron chi connectivity index (χ1n) is 10.8. The molecule has 1 aromatic carbocycles. The molecule has 1 aliphatic rings. The molecule has 1 saturated heterocycles. The Balaban J connectivity index is 1.70. The molecular formula is C23H35BO6. The molecule has 166 valence electrons. The van der Waals surface area contributed by atoms with Gasteiger partial charge >= 0.3 is 19.1 Å². The van der Waals surface area contributed by atoms with E-state index in [1.807, 2.05) is 44.2 Å². The summed E-state index contributed by atoms with van der Waals surface area (Å²) in [5, 5.41) is 0. The number of ether oxygens (including phenoxy) is 2. The lowest BCUT2D eigenvalue weighted by Gasteiger charge is -2.33. The molecule has 1 aromatic rings. The van der Waals surface area contributed by atoms with E-state index in [9.17, 15) is 9.59 Å². The van der Waals surface area contributed by atoms with Gasteiger partial charge in [-0.3, -0.25) is 9.59 Å². The zero-order valence-electron chi connectivity index (χ0n) is 18.9. The highest BCUT2D eigenvalue weighted by Gasteiger charge is 2.42. The van der Waals surface area contributed by atoms with Crippen LogP contribution < -0.4 is 5.46 Å². The quantitative estimate of drug-likeness (QED) is 0.311. The van der Waals surface area contributed by atoms with E-state index in [0.717, 1.165) is 24.7 Å². The molecule has 0 amide bonds. The largest absolute Gasteiger partial charge is 0.494 e. The minimum absolute atomic E-state index is 0.0627. The van der Waals surface area contributed by atoms with Gasteiger partial charge in [0.1, 0.15) is 0 Å². The molecule has 1 fully saturated rings. The average Bonchev–Trinajstić information content (AvgIpc) is 3.21. The number of rotatable bonds is 11. The number of carbonyl (C=O) groups is 2. The summed E-state index contributed by atoms with van der Waals surface area (Å²) in [6.45, 7) is 8.33. The van der Waals surface area contributed by atoms with Gasteiger partial charge in [-0.25, -0.2) is 0 Å². The maximum Gasteiger partial charge on any atom is 0.494 e. The summed E-state index contributed by atoms with van der Waals surface area (Å²) >= 11 is 0. The summed E-state index contributed by atoms with van der Waals surface area (Å²) in [7, 11) is 1.07. The Labute approximate surface area is 180 Å². The third kappa shape index (κ3) is 6.57. The summed E-state index contributed by atoms with van der Waals surface area (Å²) in [5.41, 5.74) is -0.431. The summed E-state index contributed by atoms with van der Waals surface area (Å²) < 4.78 is 22.1. The van der Waals surface area contributed by atoms with Gasteiger partial charge in [-0.1, -0.05) is 37.3 Å². The molecule has 2 rings (SSSR count). The molecule has 1 heterocycles. The highest BCUT2D eigenvalue weighted by atomic mass is 16.6. The third-order valence-electron chi connectivity index (χ3n) is 5.82. The summed E-state index contributed by atoms with van der Waals surface area (Å²) in [4.78, 5) is 24.7. The van der Waals surface area contributed by atoms with Crippen LogP contribution in [0, 0.1) is 10.8 Å². The van der Waals surface area contributed by atoms with Crippen LogP contribution in [0.5, 0.6) is 0 Å². The molecule has 0 spiro atoms. The third-order valence-corrected chi connectivity index (χ3v) is 5.82. The van der Waals surface area contributed by atoms with Crippen molar-refractivity contribution in [2.75, 3.05) is 20.3 Å². The fourth-order valence-corrected chi connectivity index (χ4v) is 3.86. The average molecular weight is 418 g/mol. The van der Waals surface area contributed by atoms with Gasteiger partial charge in [0.05, 0.1) is 37.3 Å². The maximum absolute atomic E-state index is 12.7. The molecule has 7 heteroatoms. The van der Waals surface area contributed by atoms with Crippen molar-refractivity contribution in [1.29, 1.82) is 0 Å². The lowest BCUT2D eigenvalue weighted by atomic mass is 9.72. The van der Waals surface area contributed by atoms with Crippen molar-refractivity contribution in [3.05, 3.63) is 30.3 Å². The van der Waals surface area contributed by atoms with Crippen LogP contribution in [0.1, 0.15) is 59.8 Å². The smallest absolute Gasteiger partial charge is 0.469 e. The van der Waals surface area contributed by atoms with Crippen LogP contribution in [-0.4, -0.2) is 45.5 Å². The minimum atomic E-state index is -0.742. The Bertz CT molecular complexity index is 692. The molecule has 0 aromatic heterocycles. The van der Waals surface area contributed by atoms with Gasteiger partial charge < -0.3 is 18.8 Å². The molecule has 30 heavy (non-hydrogen) atoms. The standard InChI is InChI=1S/C23H35BO6/c1-6-23(4,17-22(2,3)20(25)27-5)21(26)28-15-11-10-14-19-16-29-24(30-19)18-12-8-7-9-13-18/h7-9,12-13,19H,6,10-11,14-17H2,1-5H3. The van der Waals surface area contributed by atoms with Gasteiger partial charge in [-0.05, 0) is 58.3 Å². The Hall–Kier alpha value is -1.86. The van der Waals surface area contributed by atoms with Crippen LogP contribution >= 0.6 is 0 Å². The zero-order valence-corrected chi connectivity index (χ0v) is 18.9. The molecule has 0 saturated carbocycles. The Morgan fingerprint density at radius 1 is 1.13 bits per heavy atom. The molecule has 0 radical (unpaired) electrons. The molecular weight excluding hydrogens is 383 g/mol. The van der Waals surface area contributed by atoms with Crippen molar-refractivity contribution < 1.29 is 28.4 Å². The number of methoxy groups -OCH3 is 1. The predicted molar refractivity (Wildman–Crippen MR) is 116 cm³/mol. The maximum atomic E-state index is 12.7. The normalized spacial score (nSPS) is 18.7. The van der Waals surface area contributed by atoms with Gasteiger partial charge in [0.25, 0.3) is 0 Å². The van der Waals surface area contributed by atoms with Crippen LogP contribution in [0.3, 0.4) is 0 Å². The lowest BCUT2D eigenvalue weighted by molar-refractivity contribution is -0.161. The van der Waals surface area contributed by atoms with E-state index >= 15 is 0 Å². The number of unbranched alkanes of at least 4 members (excludes halogenated alkanes) is 1. The van der Waals surface area contributed by atoms with Gasteiger partial charge in [-0.2, -0.15) is 0 Å². The van der Waals surface area contributed by atoms with E-state index in [4.69, 9.17) is 18.8 Å². The van der Waals surface area contributed by atoms with E-state index in [1.54, 1.807) is 13.8 Å². The second kappa shape index (κ2) is 11.0. The molecule has 0 N–H and O–H groups in total. The van der Waals surface area contributed by atoms with E-state index in [0.29, 0.717) is 26.1 Å². The number of esters is 2. The van der Waals surface area contributed by atoms with Crippen LogP contribution in [0.4, 0.5) is 0 Å². The molecule has 6 nitrogen and oxygen atoms in total. The van der Waals surface area contributed by atoms with Crippen molar-refractivity contribution in [2.24, 2.45) is 10.8 Å². The SMILES string of the molecule is CCC(C)(CC(C)(C)C(=O)OC)C(=O)OCCCCC1COB(c2ccccc2)O1. The van der Waals surface area contributed by atoms with Crippen molar-refractivity contribution in [3.63, 3.8) is 0 Å². The van der Waals surface area contributed by atoms with E-state index in [2.05, 4.69) is 0 Å². The Kier molecular flexibility index (Phi) is 8.92. The molecule has 0 bridgehead atoms. The van der Waals surface area contributed by atoms with Gasteiger partial charge in [0.15, 0.2) is 0 Å². The van der Waals surface area contributed by atoms with Crippen LogP contribution in [0.2, 0.25) is 0 Å². The second-order valence-electron chi connectivity index (χ2n) is 8.93. The molecule has 0 aliphatic carbocycles. The van der Waals surface area contributed by atoms with Crippen molar-refractivity contribution >= 4 is 24.5 Å². The summed E-state index contributed by atoms with van der Waals surface area (Å²) in [5.74, 6) is -0.575. The van der Waals surface area contributed by atoms with Crippen molar-refractivity contribution in [2.45, 2.75) is 65.9 Å². The van der Waals surface area contributed by atoms with Gasteiger partial charge in [-0.15, -0.1) is 0 Å². The fourth-order valence-electron chi connectivity index (χ4n) is 3.86. The first kappa shape index (κ1) is 24.4. The zero-order chi connectivity index (χ0) is 22.2. The first-order chi connectivity index (χ1) is 14.2. The van der Waals surface area contributed by atoms with E-state index in [-0.39, 0.29) is 25.2 Å². The monoisotopic (exact) mass is 418 g/mol. The molecule has 2 unspecified atom stereocenters. The van der Waals surface area contributed by atoms with Gasteiger partial charge in [0.2, 0.25) is 0 Å². The number of hydrogen-bond donors (Lipinski definition) is 0. The number of carbonyl (C=O) groups excluding carboxylic acids is 2. The number of benzene rings is 1. The van der Waals surface area contributed by atoms with Crippen LogP contribution in [0.15, 0.2) is 30.3 Å². The second-order valence-corrected chi connectivity index (χ2v) is 8.93. The summed E-state index contributed by atoms with van der Waals surface area (Å²) in [6.07, 6.45) is 3.56. The molecule has 2 atom stereocenters. The predicted octanol–water partition coefficient (Wildman–Crippen LogP) is 3.52. The molecule has 1 aliphatic heterocycles. The highest BCUT2D eigenvalue weighted by Crippen LogP contribution is 2.38. The highest BCUT2D eigenvalue weighted by molar-refractivity contribution is 6.61. The lowest BCUT2D eigenvalue weighted by Crippen LogP contribution is -2.38. The van der Waals surface area contributed by atoms with Gasteiger partial charge in [0, 0.05) is 0 Å². The van der Waals surface area contributed by atoms with E-state index < -0.39 is 10.8 Å². The fraction of sp³-hybridized carbons (Fsp3) is 0.652. The number of hydrogen-bond acceptors (Lipinski definition) is 6. The topological polar surface area (TPSA) is 71.1 Å².